The van der Waals surface area contributed by atoms with Crippen LogP contribution in [-0.2, 0) is 21.2 Å². The zero-order valence-corrected chi connectivity index (χ0v) is 12.9. The van der Waals surface area contributed by atoms with E-state index in [0.717, 1.165) is 6.07 Å². The summed E-state index contributed by atoms with van der Waals surface area (Å²) in [6.45, 7) is 0. The molecular formula is C15H14FNO5S. The molecule has 0 heterocycles. The first-order valence-corrected chi connectivity index (χ1v) is 7.98. The van der Waals surface area contributed by atoms with E-state index in [-0.39, 0.29) is 28.3 Å². The summed E-state index contributed by atoms with van der Waals surface area (Å²) in [6, 6.07) is 9.32. The number of aliphatic carboxylic acids is 1. The van der Waals surface area contributed by atoms with Crippen LogP contribution < -0.4 is 9.46 Å². The second-order valence-electron chi connectivity index (χ2n) is 4.64. The molecule has 0 saturated carbocycles. The normalized spacial score (nSPS) is 11.0. The lowest BCUT2D eigenvalue weighted by Crippen LogP contribution is -2.15. The lowest BCUT2D eigenvalue weighted by atomic mass is 10.1. The number of rotatable bonds is 6. The molecule has 0 aliphatic rings. The third-order valence-corrected chi connectivity index (χ3v) is 4.38. The topological polar surface area (TPSA) is 92.7 Å². The maximum Gasteiger partial charge on any atom is 0.307 e. The first-order valence-electron chi connectivity index (χ1n) is 6.49. The highest BCUT2D eigenvalue weighted by molar-refractivity contribution is 7.92. The van der Waals surface area contributed by atoms with Gasteiger partial charge in [-0.15, -0.1) is 0 Å². The minimum Gasteiger partial charge on any atom is -0.495 e. The number of ether oxygens (including phenoxy) is 1. The molecule has 0 spiro atoms. The fraction of sp³-hybridized carbons (Fsp3) is 0.133. The van der Waals surface area contributed by atoms with Crippen molar-refractivity contribution in [1.29, 1.82) is 0 Å². The summed E-state index contributed by atoms with van der Waals surface area (Å²) in [7, 11) is -2.86. The number of nitrogens with one attached hydrogen (secondary N) is 1. The van der Waals surface area contributed by atoms with Crippen LogP contribution in [-0.4, -0.2) is 26.6 Å². The second kappa shape index (κ2) is 6.66. The molecule has 2 rings (SSSR count). The van der Waals surface area contributed by atoms with Crippen LogP contribution in [0.3, 0.4) is 0 Å². The van der Waals surface area contributed by atoms with E-state index in [2.05, 4.69) is 4.72 Å². The fourth-order valence-electron chi connectivity index (χ4n) is 1.96. The van der Waals surface area contributed by atoms with Crippen molar-refractivity contribution in [3.05, 3.63) is 53.8 Å². The first-order chi connectivity index (χ1) is 10.8. The lowest BCUT2D eigenvalue weighted by molar-refractivity contribution is -0.136. The van der Waals surface area contributed by atoms with Crippen LogP contribution in [0, 0.1) is 5.82 Å². The average molecular weight is 339 g/mol. The van der Waals surface area contributed by atoms with Crippen molar-refractivity contribution in [2.45, 2.75) is 11.3 Å². The largest absolute Gasteiger partial charge is 0.495 e. The van der Waals surface area contributed by atoms with Crippen LogP contribution in [0.15, 0.2) is 47.4 Å². The number of hydrogen-bond donors (Lipinski definition) is 2. The standard InChI is InChI=1S/C15H14FNO5S/c1-22-13-7-6-10(9-15(18)19)8-14(13)23(20,21)17-12-5-3-2-4-11(12)16/h2-8,17H,9H2,1H3,(H,18,19). The van der Waals surface area contributed by atoms with Gasteiger partial charge in [-0.3, -0.25) is 9.52 Å². The third kappa shape index (κ3) is 3.98. The maximum atomic E-state index is 13.6. The number of methoxy groups -OCH3 is 1. The predicted molar refractivity (Wildman–Crippen MR) is 81.5 cm³/mol. The van der Waals surface area contributed by atoms with Crippen molar-refractivity contribution < 1.29 is 27.4 Å². The van der Waals surface area contributed by atoms with Gasteiger partial charge in [0.1, 0.15) is 16.5 Å². The Bertz CT molecular complexity index is 836. The number of benzene rings is 2. The number of carboxylic acids is 1. The second-order valence-corrected chi connectivity index (χ2v) is 6.29. The number of anilines is 1. The highest BCUT2D eigenvalue weighted by Crippen LogP contribution is 2.27. The number of hydrogen-bond acceptors (Lipinski definition) is 4. The van der Waals surface area contributed by atoms with E-state index >= 15 is 0 Å². The third-order valence-electron chi connectivity index (χ3n) is 2.99. The van der Waals surface area contributed by atoms with Gasteiger partial charge < -0.3 is 9.84 Å². The Morgan fingerprint density at radius 2 is 1.96 bits per heavy atom. The first kappa shape index (κ1) is 16.8. The Balaban J connectivity index is 2.45. The van der Waals surface area contributed by atoms with Gasteiger partial charge in [-0.2, -0.15) is 0 Å². The number of halogens is 1. The summed E-state index contributed by atoms with van der Waals surface area (Å²) in [5.74, 6) is -1.79. The predicted octanol–water partition coefficient (Wildman–Crippen LogP) is 2.26. The number of carbonyl (C=O) groups is 1. The Labute approximate surface area is 132 Å². The number of carboxylic acid groups (broad SMARTS) is 1. The zero-order valence-electron chi connectivity index (χ0n) is 12.1. The summed E-state index contributed by atoms with van der Waals surface area (Å²) < 4.78 is 45.7. The molecule has 8 heteroatoms. The Morgan fingerprint density at radius 3 is 2.57 bits per heavy atom. The molecule has 0 saturated heterocycles. The highest BCUT2D eigenvalue weighted by Gasteiger charge is 2.22. The van der Waals surface area contributed by atoms with Crippen molar-refractivity contribution in [1.82, 2.24) is 0 Å². The van der Waals surface area contributed by atoms with Gasteiger partial charge in [0.2, 0.25) is 0 Å². The van der Waals surface area contributed by atoms with Crippen LogP contribution in [0.1, 0.15) is 5.56 Å². The van der Waals surface area contributed by atoms with Gasteiger partial charge in [-0.1, -0.05) is 18.2 Å². The molecule has 122 valence electrons. The molecule has 0 aromatic heterocycles. The summed E-state index contributed by atoms with van der Waals surface area (Å²) >= 11 is 0. The van der Waals surface area contributed by atoms with Crippen molar-refractivity contribution in [3.63, 3.8) is 0 Å². The van der Waals surface area contributed by atoms with Crippen molar-refractivity contribution >= 4 is 21.7 Å². The van der Waals surface area contributed by atoms with Crippen LogP contribution in [0.2, 0.25) is 0 Å². The minimum absolute atomic E-state index is 0.0305. The van der Waals surface area contributed by atoms with E-state index in [1.54, 1.807) is 0 Å². The summed E-state index contributed by atoms with van der Waals surface area (Å²) in [5.41, 5.74) is 0.0744. The van der Waals surface area contributed by atoms with E-state index in [0.29, 0.717) is 0 Å². The van der Waals surface area contributed by atoms with Gasteiger partial charge in [0.25, 0.3) is 10.0 Å². The molecule has 23 heavy (non-hydrogen) atoms. The SMILES string of the molecule is COc1ccc(CC(=O)O)cc1S(=O)(=O)Nc1ccccc1F. The number of para-hydroxylation sites is 1. The molecule has 0 fully saturated rings. The minimum atomic E-state index is -4.14. The Kier molecular flexibility index (Phi) is 4.85. The molecule has 6 nitrogen and oxygen atoms in total. The Morgan fingerprint density at radius 1 is 1.26 bits per heavy atom. The molecule has 0 unspecified atom stereocenters. The van der Waals surface area contributed by atoms with E-state index in [9.17, 15) is 17.6 Å². The smallest absolute Gasteiger partial charge is 0.307 e. The molecular weight excluding hydrogens is 325 g/mol. The molecule has 0 radical (unpaired) electrons. The van der Waals surface area contributed by atoms with Crippen molar-refractivity contribution in [3.8, 4) is 5.75 Å². The molecule has 2 N–H and O–H groups in total. The van der Waals surface area contributed by atoms with E-state index < -0.39 is 21.8 Å². The van der Waals surface area contributed by atoms with Crippen molar-refractivity contribution in [2.75, 3.05) is 11.8 Å². The maximum absolute atomic E-state index is 13.6. The summed E-state index contributed by atoms with van der Waals surface area (Å²) in [5, 5.41) is 8.81. The van der Waals surface area contributed by atoms with Gasteiger partial charge in [-0.25, -0.2) is 12.8 Å². The van der Waals surface area contributed by atoms with Gasteiger partial charge in [0.05, 0.1) is 19.2 Å². The molecule has 2 aromatic rings. The van der Waals surface area contributed by atoms with E-state index in [4.69, 9.17) is 9.84 Å². The number of sulfonamides is 1. The average Bonchev–Trinajstić information content (AvgIpc) is 2.49. The van der Waals surface area contributed by atoms with Crippen LogP contribution in [0.5, 0.6) is 5.75 Å². The van der Waals surface area contributed by atoms with Gasteiger partial charge in [-0.05, 0) is 29.8 Å². The van der Waals surface area contributed by atoms with Crippen LogP contribution in [0.4, 0.5) is 10.1 Å². The van der Waals surface area contributed by atoms with Crippen LogP contribution in [0.25, 0.3) is 0 Å². The molecule has 0 aliphatic carbocycles. The molecule has 0 atom stereocenters. The quantitative estimate of drug-likeness (QED) is 0.842. The van der Waals surface area contributed by atoms with Crippen LogP contribution >= 0.6 is 0 Å². The molecule has 0 bridgehead atoms. The molecule has 0 amide bonds. The Hall–Kier alpha value is -2.61. The molecule has 2 aromatic carbocycles. The van der Waals surface area contributed by atoms with Gasteiger partial charge >= 0.3 is 5.97 Å². The zero-order chi connectivity index (χ0) is 17.0. The summed E-state index contributed by atoms with van der Waals surface area (Å²) in [6.07, 6.45) is -0.341. The van der Waals surface area contributed by atoms with Crippen molar-refractivity contribution in [2.24, 2.45) is 0 Å². The van der Waals surface area contributed by atoms with Gasteiger partial charge in [0.15, 0.2) is 0 Å². The van der Waals surface area contributed by atoms with E-state index in [1.807, 2.05) is 0 Å². The monoisotopic (exact) mass is 339 g/mol. The summed E-state index contributed by atoms with van der Waals surface area (Å²) in [4.78, 5) is 10.5. The lowest BCUT2D eigenvalue weighted by Gasteiger charge is -2.13. The molecule has 0 aliphatic heterocycles. The highest BCUT2D eigenvalue weighted by atomic mass is 32.2. The van der Waals surface area contributed by atoms with Gasteiger partial charge in [0, 0.05) is 0 Å². The fourth-order valence-corrected chi connectivity index (χ4v) is 3.25. The van der Waals surface area contributed by atoms with E-state index in [1.165, 1.54) is 43.5 Å².